The van der Waals surface area contributed by atoms with Crippen LogP contribution in [-0.2, 0) is 9.53 Å². The predicted octanol–water partition coefficient (Wildman–Crippen LogP) is 1.77. The molecule has 0 saturated heterocycles. The van der Waals surface area contributed by atoms with E-state index in [-0.39, 0.29) is 4.32 Å². The fourth-order valence-electron chi connectivity index (χ4n) is 1.07. The average Bonchev–Trinajstić information content (AvgIpc) is 2.82. The molecule has 0 aromatic rings. The zero-order valence-electron chi connectivity index (χ0n) is 6.68. The summed E-state index contributed by atoms with van der Waals surface area (Å²) in [7, 11) is 0. The fourth-order valence-corrected chi connectivity index (χ4v) is 1.69. The third kappa shape index (κ3) is 2.27. The highest BCUT2D eigenvalue weighted by molar-refractivity contribution is 9.10. The standard InChI is InChI=1S/C8H13BrO2/c1-2-11-6-8(9,5-10)7-3-4-7/h5,7H,2-4,6H2,1H3. The molecule has 1 unspecified atom stereocenters. The van der Waals surface area contributed by atoms with Crippen molar-refractivity contribution in [2.24, 2.45) is 5.92 Å². The molecule has 1 saturated carbocycles. The Morgan fingerprint density at radius 2 is 2.36 bits per heavy atom. The van der Waals surface area contributed by atoms with Crippen molar-refractivity contribution in [3.05, 3.63) is 0 Å². The Morgan fingerprint density at radius 1 is 1.73 bits per heavy atom. The van der Waals surface area contributed by atoms with E-state index in [9.17, 15) is 4.79 Å². The molecule has 0 radical (unpaired) electrons. The van der Waals surface area contributed by atoms with Crippen molar-refractivity contribution in [3.8, 4) is 0 Å². The minimum atomic E-state index is -0.386. The summed E-state index contributed by atoms with van der Waals surface area (Å²) in [5.41, 5.74) is 0. The Morgan fingerprint density at radius 3 is 2.73 bits per heavy atom. The molecular weight excluding hydrogens is 208 g/mol. The van der Waals surface area contributed by atoms with Crippen LogP contribution < -0.4 is 0 Å². The normalized spacial score (nSPS) is 22.7. The molecule has 0 spiro atoms. The fraction of sp³-hybridized carbons (Fsp3) is 0.875. The number of alkyl halides is 1. The van der Waals surface area contributed by atoms with Gasteiger partial charge in [-0.05, 0) is 25.7 Å². The maximum absolute atomic E-state index is 10.7. The SMILES string of the molecule is CCOCC(Br)(C=O)C1CC1. The number of hydrogen-bond donors (Lipinski definition) is 0. The highest BCUT2D eigenvalue weighted by Crippen LogP contribution is 2.43. The van der Waals surface area contributed by atoms with Gasteiger partial charge in [0.15, 0.2) is 0 Å². The van der Waals surface area contributed by atoms with Crippen LogP contribution in [0.3, 0.4) is 0 Å². The van der Waals surface area contributed by atoms with Gasteiger partial charge in [-0.1, -0.05) is 15.9 Å². The topological polar surface area (TPSA) is 26.3 Å². The first-order valence-corrected chi connectivity index (χ1v) is 4.75. The van der Waals surface area contributed by atoms with E-state index >= 15 is 0 Å². The molecule has 1 rings (SSSR count). The van der Waals surface area contributed by atoms with Crippen LogP contribution in [-0.4, -0.2) is 23.8 Å². The number of aldehydes is 1. The lowest BCUT2D eigenvalue weighted by atomic mass is 10.1. The smallest absolute Gasteiger partial charge is 0.139 e. The molecule has 0 bridgehead atoms. The molecule has 0 N–H and O–H groups in total. The second-order valence-electron chi connectivity index (χ2n) is 2.96. The molecule has 1 aliphatic rings. The Balaban J connectivity index is 2.38. The molecule has 3 heteroatoms. The Hall–Kier alpha value is 0.110. The van der Waals surface area contributed by atoms with Crippen molar-refractivity contribution in [1.82, 2.24) is 0 Å². The van der Waals surface area contributed by atoms with Crippen LogP contribution in [0.2, 0.25) is 0 Å². The summed E-state index contributed by atoms with van der Waals surface area (Å²) in [6.45, 7) is 3.12. The number of ether oxygens (including phenoxy) is 1. The van der Waals surface area contributed by atoms with Crippen molar-refractivity contribution < 1.29 is 9.53 Å². The van der Waals surface area contributed by atoms with Gasteiger partial charge in [-0.15, -0.1) is 0 Å². The lowest BCUT2D eigenvalue weighted by molar-refractivity contribution is -0.111. The first kappa shape index (κ1) is 9.20. The number of rotatable bonds is 5. The van der Waals surface area contributed by atoms with Gasteiger partial charge in [0.1, 0.15) is 10.6 Å². The molecule has 1 atom stereocenters. The van der Waals surface area contributed by atoms with E-state index in [0.717, 1.165) is 19.1 Å². The van der Waals surface area contributed by atoms with Crippen LogP contribution in [0.5, 0.6) is 0 Å². The van der Waals surface area contributed by atoms with Gasteiger partial charge < -0.3 is 9.53 Å². The largest absolute Gasteiger partial charge is 0.380 e. The van der Waals surface area contributed by atoms with Crippen LogP contribution in [0.1, 0.15) is 19.8 Å². The second-order valence-corrected chi connectivity index (χ2v) is 4.43. The first-order chi connectivity index (χ1) is 5.23. The van der Waals surface area contributed by atoms with Crippen molar-refractivity contribution in [2.75, 3.05) is 13.2 Å². The third-order valence-electron chi connectivity index (χ3n) is 1.98. The molecular formula is C8H13BrO2. The molecule has 0 aromatic carbocycles. The van der Waals surface area contributed by atoms with Gasteiger partial charge in [-0.2, -0.15) is 0 Å². The van der Waals surface area contributed by atoms with Crippen LogP contribution in [0.4, 0.5) is 0 Å². The Kier molecular flexibility index (Phi) is 3.07. The van der Waals surface area contributed by atoms with E-state index in [0.29, 0.717) is 19.1 Å². The zero-order chi connectivity index (χ0) is 8.32. The Labute approximate surface area is 75.4 Å². The molecule has 1 aliphatic carbocycles. The van der Waals surface area contributed by atoms with E-state index in [4.69, 9.17) is 4.74 Å². The van der Waals surface area contributed by atoms with Crippen LogP contribution in [0.15, 0.2) is 0 Å². The van der Waals surface area contributed by atoms with E-state index in [1.54, 1.807) is 0 Å². The van der Waals surface area contributed by atoms with Crippen molar-refractivity contribution >= 4 is 22.2 Å². The highest BCUT2D eigenvalue weighted by Gasteiger charge is 2.43. The van der Waals surface area contributed by atoms with Gasteiger partial charge in [0.05, 0.1) is 6.61 Å². The van der Waals surface area contributed by atoms with E-state index in [1.165, 1.54) is 0 Å². The molecule has 0 heterocycles. The number of halogens is 1. The van der Waals surface area contributed by atoms with E-state index in [1.807, 2.05) is 6.92 Å². The second kappa shape index (κ2) is 3.68. The van der Waals surface area contributed by atoms with Gasteiger partial charge in [0.25, 0.3) is 0 Å². The molecule has 1 fully saturated rings. The molecule has 0 aromatic heterocycles. The Bertz CT molecular complexity index is 145. The summed E-state index contributed by atoms with van der Waals surface area (Å²) in [5.74, 6) is 0.506. The lowest BCUT2D eigenvalue weighted by Gasteiger charge is -2.19. The quantitative estimate of drug-likeness (QED) is 0.522. The van der Waals surface area contributed by atoms with Crippen LogP contribution in [0, 0.1) is 5.92 Å². The molecule has 2 nitrogen and oxygen atoms in total. The van der Waals surface area contributed by atoms with Gasteiger partial charge in [0.2, 0.25) is 0 Å². The molecule has 11 heavy (non-hydrogen) atoms. The summed E-state index contributed by atoms with van der Waals surface area (Å²) < 4.78 is 4.83. The zero-order valence-corrected chi connectivity index (χ0v) is 8.26. The molecule has 64 valence electrons. The average molecular weight is 221 g/mol. The summed E-state index contributed by atoms with van der Waals surface area (Å²) in [6.07, 6.45) is 3.27. The van der Waals surface area contributed by atoms with Gasteiger partial charge in [0, 0.05) is 6.61 Å². The lowest BCUT2D eigenvalue weighted by Crippen LogP contribution is -2.31. The minimum Gasteiger partial charge on any atom is -0.380 e. The minimum absolute atomic E-state index is 0.386. The first-order valence-electron chi connectivity index (χ1n) is 3.96. The summed E-state index contributed by atoms with van der Waals surface area (Å²) in [6, 6.07) is 0. The van der Waals surface area contributed by atoms with Gasteiger partial charge >= 0.3 is 0 Å². The van der Waals surface area contributed by atoms with Gasteiger partial charge in [-0.25, -0.2) is 0 Å². The van der Waals surface area contributed by atoms with Crippen molar-refractivity contribution in [1.29, 1.82) is 0 Å². The molecule has 0 amide bonds. The number of hydrogen-bond acceptors (Lipinski definition) is 2. The monoisotopic (exact) mass is 220 g/mol. The van der Waals surface area contributed by atoms with E-state index in [2.05, 4.69) is 15.9 Å². The van der Waals surface area contributed by atoms with Gasteiger partial charge in [-0.3, -0.25) is 0 Å². The van der Waals surface area contributed by atoms with Crippen LogP contribution >= 0.6 is 15.9 Å². The highest BCUT2D eigenvalue weighted by atomic mass is 79.9. The number of carbonyl (C=O) groups excluding carboxylic acids is 1. The maximum atomic E-state index is 10.7. The van der Waals surface area contributed by atoms with Crippen LogP contribution in [0.25, 0.3) is 0 Å². The maximum Gasteiger partial charge on any atom is 0.139 e. The van der Waals surface area contributed by atoms with E-state index < -0.39 is 0 Å². The predicted molar refractivity (Wildman–Crippen MR) is 46.9 cm³/mol. The summed E-state index contributed by atoms with van der Waals surface area (Å²) in [5, 5.41) is 0. The summed E-state index contributed by atoms with van der Waals surface area (Å²) in [4.78, 5) is 10.7. The summed E-state index contributed by atoms with van der Waals surface area (Å²) >= 11 is 3.42. The van der Waals surface area contributed by atoms with Crippen molar-refractivity contribution in [3.63, 3.8) is 0 Å². The molecule has 0 aliphatic heterocycles. The van der Waals surface area contributed by atoms with Crippen molar-refractivity contribution in [2.45, 2.75) is 24.1 Å². The number of carbonyl (C=O) groups is 1. The third-order valence-corrected chi connectivity index (χ3v) is 3.04.